The molecule has 1 amide bonds. The van der Waals surface area contributed by atoms with Crippen molar-refractivity contribution in [3.63, 3.8) is 0 Å². The molecule has 5 heterocycles. The molecule has 0 bridgehead atoms. The van der Waals surface area contributed by atoms with Gasteiger partial charge < -0.3 is 18.9 Å². The number of nitrogens with zero attached hydrogens (tertiary/aromatic N) is 4. The zero-order chi connectivity index (χ0) is 34.9. The predicted molar refractivity (Wildman–Crippen MR) is 176 cm³/mol. The van der Waals surface area contributed by atoms with E-state index in [1.54, 1.807) is 34.8 Å². The molecule has 2 fully saturated rings. The lowest BCUT2D eigenvalue weighted by atomic mass is 9.91. The molecule has 1 aliphatic carbocycles. The maximum Gasteiger partial charge on any atom is 0.545 e. The highest BCUT2D eigenvalue weighted by Gasteiger charge is 2.63. The van der Waals surface area contributed by atoms with Gasteiger partial charge in [-0.25, -0.2) is 13.6 Å². The van der Waals surface area contributed by atoms with Gasteiger partial charge in [0.1, 0.15) is 12.2 Å². The SMILES string of the molecule is CCO[P+](O)(NC1(C(=O)OC)CC1)Oc1c2n(ccc1=O)N([C@@H]1c3ccccc3-n3cccc3-c3c1ccc(F)c3F)[C@@H]1COCCN1C2=O. The Morgan fingerprint density at radius 2 is 1.88 bits per heavy atom. The third-order valence-corrected chi connectivity index (χ3v) is 11.3. The number of para-hydroxylation sites is 1. The van der Waals surface area contributed by atoms with Crippen molar-refractivity contribution in [3.05, 3.63) is 106 Å². The van der Waals surface area contributed by atoms with Crippen molar-refractivity contribution in [2.45, 2.75) is 37.5 Å². The van der Waals surface area contributed by atoms with Gasteiger partial charge in [-0.3, -0.25) is 23.8 Å². The minimum Gasteiger partial charge on any atom is -0.468 e. The van der Waals surface area contributed by atoms with E-state index in [0.29, 0.717) is 35.3 Å². The summed E-state index contributed by atoms with van der Waals surface area (Å²) in [6, 6.07) is 13.8. The molecule has 2 N–H and O–H groups in total. The van der Waals surface area contributed by atoms with Crippen molar-refractivity contribution in [2.75, 3.05) is 38.5 Å². The topological polar surface area (TPSA) is 137 Å². The Labute approximate surface area is 285 Å². The molecule has 1 saturated heterocycles. The van der Waals surface area contributed by atoms with E-state index in [0.717, 1.165) is 6.07 Å². The zero-order valence-corrected chi connectivity index (χ0v) is 27.9. The molecule has 4 aromatic rings. The number of morpholine rings is 1. The Morgan fingerprint density at radius 3 is 2.64 bits per heavy atom. The van der Waals surface area contributed by atoms with E-state index in [9.17, 15) is 19.3 Å². The van der Waals surface area contributed by atoms with Crippen LogP contribution in [0.4, 0.5) is 8.78 Å². The summed E-state index contributed by atoms with van der Waals surface area (Å²) in [5.74, 6) is -3.79. The maximum atomic E-state index is 16.0. The standard InChI is InChI=1S/C34H33F2N5O8P/c1-3-48-50(45,37-34(13-14-34)33(44)46-2)49-31-25(42)12-16-40-30(31)32(43)39-17-18-47-19-26(39)41(40)29-20-7-4-5-8-23(20)38-15-6-9-24(38)27-21(29)10-11-22(35)28(27)36/h4-12,15-16,26,29,37,45H,3,13-14,17-19H2,1-2H3/q+1/t26-,29-,50?/m1/s1. The highest BCUT2D eigenvalue weighted by atomic mass is 31.2. The number of esters is 1. The van der Waals surface area contributed by atoms with Crippen LogP contribution in [0.2, 0.25) is 0 Å². The number of hydrogen-bond donors (Lipinski definition) is 2. The Hall–Kier alpha value is -4.66. The van der Waals surface area contributed by atoms with Gasteiger partial charge in [0.05, 0.1) is 38.3 Å². The van der Waals surface area contributed by atoms with Crippen molar-refractivity contribution in [3.8, 4) is 22.7 Å². The Morgan fingerprint density at radius 1 is 1.08 bits per heavy atom. The summed E-state index contributed by atoms with van der Waals surface area (Å²) in [4.78, 5) is 54.0. The molecule has 50 heavy (non-hydrogen) atoms. The van der Waals surface area contributed by atoms with Crippen molar-refractivity contribution in [1.82, 2.24) is 19.2 Å². The zero-order valence-electron chi connectivity index (χ0n) is 27.0. The van der Waals surface area contributed by atoms with Crippen LogP contribution in [0.5, 0.6) is 5.75 Å². The number of hydrogen-bond acceptors (Lipinski definition) is 10. The van der Waals surface area contributed by atoms with Crippen LogP contribution in [0.25, 0.3) is 16.9 Å². The van der Waals surface area contributed by atoms with Gasteiger partial charge in [0.15, 0.2) is 22.9 Å². The molecular formula is C34H33F2N5O8P+. The van der Waals surface area contributed by atoms with Gasteiger partial charge in [-0.2, -0.15) is 9.42 Å². The number of methoxy groups -OCH3 is 1. The minimum absolute atomic E-state index is 0.0360. The van der Waals surface area contributed by atoms with Gasteiger partial charge in [-0.1, -0.05) is 29.4 Å². The fraction of sp³-hybridized carbons (Fsp3) is 0.324. The summed E-state index contributed by atoms with van der Waals surface area (Å²) < 4.78 is 56.8. The van der Waals surface area contributed by atoms with E-state index in [1.165, 1.54) is 35.0 Å². The molecule has 0 radical (unpaired) electrons. The lowest BCUT2D eigenvalue weighted by molar-refractivity contribution is -0.144. The summed E-state index contributed by atoms with van der Waals surface area (Å²) >= 11 is 0. The van der Waals surface area contributed by atoms with Crippen LogP contribution < -0.4 is 20.0 Å². The smallest absolute Gasteiger partial charge is 0.468 e. The predicted octanol–water partition coefficient (Wildman–Crippen LogP) is 3.82. The van der Waals surface area contributed by atoms with Gasteiger partial charge in [0, 0.05) is 36.1 Å². The normalized spacial score (nSPS) is 21.1. The first-order valence-electron chi connectivity index (χ1n) is 16.1. The molecule has 1 saturated carbocycles. The number of nitrogens with one attached hydrogen (secondary N) is 1. The molecular weight excluding hydrogens is 675 g/mol. The Bertz CT molecular complexity index is 2100. The number of halogens is 2. The van der Waals surface area contributed by atoms with Gasteiger partial charge >= 0.3 is 14.1 Å². The van der Waals surface area contributed by atoms with Crippen LogP contribution in [0.15, 0.2) is 71.8 Å². The quantitative estimate of drug-likeness (QED) is 0.206. The van der Waals surface area contributed by atoms with E-state index in [-0.39, 0.29) is 37.6 Å². The molecule has 2 aromatic carbocycles. The molecule has 3 aliphatic heterocycles. The highest BCUT2D eigenvalue weighted by molar-refractivity contribution is 7.59. The fourth-order valence-electron chi connectivity index (χ4n) is 7.18. The molecule has 0 spiro atoms. The van der Waals surface area contributed by atoms with Crippen molar-refractivity contribution in [2.24, 2.45) is 0 Å². The number of ether oxygens (including phenoxy) is 2. The third kappa shape index (κ3) is 4.95. The van der Waals surface area contributed by atoms with Crippen molar-refractivity contribution >= 4 is 20.0 Å². The average Bonchev–Trinajstić information content (AvgIpc) is 3.76. The first kappa shape index (κ1) is 32.5. The number of carbonyl (C=O) groups is 2. The molecule has 1 unspecified atom stereocenters. The molecule has 13 nitrogen and oxygen atoms in total. The summed E-state index contributed by atoms with van der Waals surface area (Å²) in [7, 11) is -3.02. The lowest BCUT2D eigenvalue weighted by Gasteiger charge is -2.51. The van der Waals surface area contributed by atoms with E-state index < -0.39 is 60.5 Å². The molecule has 16 heteroatoms. The van der Waals surface area contributed by atoms with Gasteiger partial charge in [0.2, 0.25) is 5.43 Å². The second kappa shape index (κ2) is 12.0. The van der Waals surface area contributed by atoms with E-state index in [2.05, 4.69) is 5.09 Å². The molecule has 3 atom stereocenters. The molecule has 260 valence electrons. The molecule has 2 aromatic heterocycles. The molecule has 4 aliphatic rings. The first-order valence-corrected chi connectivity index (χ1v) is 17.7. The lowest BCUT2D eigenvalue weighted by Crippen LogP contribution is -2.66. The van der Waals surface area contributed by atoms with Gasteiger partial charge in [-0.05, 0) is 49.6 Å². The van der Waals surface area contributed by atoms with Crippen molar-refractivity contribution < 1.29 is 41.8 Å². The number of amides is 1. The van der Waals surface area contributed by atoms with E-state index in [4.69, 9.17) is 18.5 Å². The van der Waals surface area contributed by atoms with Crippen LogP contribution >= 0.6 is 8.09 Å². The van der Waals surface area contributed by atoms with Gasteiger partial charge in [-0.15, -0.1) is 0 Å². The summed E-state index contributed by atoms with van der Waals surface area (Å²) in [6.45, 7) is 1.93. The Kier molecular flexibility index (Phi) is 7.80. The monoisotopic (exact) mass is 708 g/mol. The van der Waals surface area contributed by atoms with E-state index >= 15 is 8.78 Å². The first-order chi connectivity index (χ1) is 24.1. The number of rotatable bonds is 8. The number of pyridine rings is 1. The van der Waals surface area contributed by atoms with E-state index in [1.807, 2.05) is 24.3 Å². The Balaban J connectivity index is 1.35. The van der Waals surface area contributed by atoms with Crippen LogP contribution in [0.1, 0.15) is 47.4 Å². The molecule has 8 rings (SSSR count). The number of carbonyl (C=O) groups excluding carboxylic acids is 2. The van der Waals surface area contributed by atoms with Crippen LogP contribution in [-0.4, -0.2) is 76.1 Å². The number of fused-ring (bicyclic) bond motifs is 7. The number of aromatic nitrogens is 2. The van der Waals surface area contributed by atoms with Crippen LogP contribution in [-0.2, 0) is 18.8 Å². The minimum atomic E-state index is -4.23. The second-order valence-electron chi connectivity index (χ2n) is 12.4. The fourth-order valence-corrected chi connectivity index (χ4v) is 8.97. The van der Waals surface area contributed by atoms with Crippen LogP contribution in [0.3, 0.4) is 0 Å². The summed E-state index contributed by atoms with van der Waals surface area (Å²) in [6.07, 6.45) is 3.05. The highest BCUT2D eigenvalue weighted by Crippen LogP contribution is 2.58. The summed E-state index contributed by atoms with van der Waals surface area (Å²) in [5.41, 5.74) is -0.0103. The van der Waals surface area contributed by atoms with Crippen LogP contribution in [0, 0.1) is 11.6 Å². The number of benzene rings is 2. The van der Waals surface area contributed by atoms with Crippen molar-refractivity contribution in [1.29, 1.82) is 0 Å². The second-order valence-corrected chi connectivity index (χ2v) is 14.1. The van der Waals surface area contributed by atoms with Gasteiger partial charge in [0.25, 0.3) is 11.7 Å². The maximum absolute atomic E-state index is 16.0. The third-order valence-electron chi connectivity index (χ3n) is 9.54. The average molecular weight is 709 g/mol. The largest absolute Gasteiger partial charge is 0.545 e. The summed E-state index contributed by atoms with van der Waals surface area (Å²) in [5, 5.41) is 4.56.